The van der Waals surface area contributed by atoms with E-state index in [1.165, 1.54) is 57.9 Å². The zero-order valence-electron chi connectivity index (χ0n) is 13.3. The Kier molecular flexibility index (Phi) is 5.30. The number of rotatable bonds is 4. The molecule has 0 heterocycles. The van der Waals surface area contributed by atoms with Crippen LogP contribution in [0.25, 0.3) is 0 Å². The minimum Gasteiger partial charge on any atom is -0.330 e. The molecule has 0 radical (unpaired) electrons. The molecule has 2 saturated carbocycles. The molecule has 0 aromatic rings. The minimum absolute atomic E-state index is 0.594. The molecule has 0 aliphatic heterocycles. The topological polar surface area (TPSA) is 29.3 Å². The van der Waals surface area contributed by atoms with Crippen LogP contribution in [0.3, 0.4) is 0 Å². The monoisotopic (exact) mass is 266 g/mol. The Morgan fingerprint density at radius 1 is 0.947 bits per heavy atom. The van der Waals surface area contributed by atoms with E-state index in [0.29, 0.717) is 5.41 Å². The second kappa shape index (κ2) is 6.58. The third-order valence-corrected chi connectivity index (χ3v) is 5.78. The van der Waals surface area contributed by atoms with Crippen LogP contribution in [0.1, 0.15) is 65.2 Å². The van der Waals surface area contributed by atoms with E-state index in [2.05, 4.69) is 25.8 Å². The van der Waals surface area contributed by atoms with Gasteiger partial charge < -0.3 is 10.6 Å². The van der Waals surface area contributed by atoms with Gasteiger partial charge in [0, 0.05) is 12.6 Å². The molecule has 2 N–H and O–H groups in total. The Morgan fingerprint density at radius 2 is 1.47 bits per heavy atom. The van der Waals surface area contributed by atoms with E-state index in [0.717, 1.165) is 24.4 Å². The Balaban J connectivity index is 1.71. The summed E-state index contributed by atoms with van der Waals surface area (Å²) >= 11 is 0. The number of nitrogens with zero attached hydrogens (tertiary/aromatic N) is 1. The van der Waals surface area contributed by atoms with E-state index in [4.69, 9.17) is 5.73 Å². The maximum Gasteiger partial charge on any atom is 0.00927 e. The Bertz CT molecular complexity index is 256. The molecular weight excluding hydrogens is 232 g/mol. The van der Waals surface area contributed by atoms with Crippen molar-refractivity contribution < 1.29 is 0 Å². The normalized spacial score (nSPS) is 32.7. The standard InChI is InChI=1S/C17H34N2/c1-17(2)10-8-16(9-11-17)19(3)13-15-6-4-14(12-18)5-7-15/h14-16H,4-13,18H2,1-3H3. The number of hydrogen-bond acceptors (Lipinski definition) is 2. The maximum atomic E-state index is 5.78. The Morgan fingerprint density at radius 3 is 2.00 bits per heavy atom. The lowest BCUT2D eigenvalue weighted by molar-refractivity contribution is 0.103. The molecule has 0 spiro atoms. The van der Waals surface area contributed by atoms with Crippen LogP contribution in [0.4, 0.5) is 0 Å². The highest BCUT2D eigenvalue weighted by atomic mass is 15.1. The summed E-state index contributed by atoms with van der Waals surface area (Å²) in [5, 5.41) is 0. The molecular formula is C17H34N2. The quantitative estimate of drug-likeness (QED) is 0.841. The fraction of sp³-hybridized carbons (Fsp3) is 1.00. The van der Waals surface area contributed by atoms with Gasteiger partial charge in [0.25, 0.3) is 0 Å². The predicted octanol–water partition coefficient (Wildman–Crippen LogP) is 3.65. The summed E-state index contributed by atoms with van der Waals surface area (Å²) in [4.78, 5) is 2.67. The zero-order valence-corrected chi connectivity index (χ0v) is 13.3. The molecule has 2 fully saturated rings. The second-order valence-electron chi connectivity index (χ2n) is 7.96. The van der Waals surface area contributed by atoms with Crippen LogP contribution in [0.5, 0.6) is 0 Å². The largest absolute Gasteiger partial charge is 0.330 e. The first-order chi connectivity index (χ1) is 9.00. The van der Waals surface area contributed by atoms with Crippen LogP contribution in [0.2, 0.25) is 0 Å². The lowest BCUT2D eigenvalue weighted by Crippen LogP contribution is -2.40. The SMILES string of the molecule is CN(CC1CCC(CN)CC1)C1CCC(C)(C)CC1. The summed E-state index contributed by atoms with van der Waals surface area (Å²) in [5.41, 5.74) is 6.38. The number of nitrogens with two attached hydrogens (primary N) is 1. The molecule has 112 valence electrons. The molecule has 0 bridgehead atoms. The van der Waals surface area contributed by atoms with Gasteiger partial charge in [0.2, 0.25) is 0 Å². The predicted molar refractivity (Wildman–Crippen MR) is 83.2 cm³/mol. The van der Waals surface area contributed by atoms with Crippen molar-refractivity contribution in [3.63, 3.8) is 0 Å². The first-order valence-electron chi connectivity index (χ1n) is 8.40. The average Bonchev–Trinajstić information content (AvgIpc) is 2.39. The summed E-state index contributed by atoms with van der Waals surface area (Å²) < 4.78 is 0. The minimum atomic E-state index is 0.594. The lowest BCUT2D eigenvalue weighted by atomic mass is 9.75. The number of hydrogen-bond donors (Lipinski definition) is 1. The van der Waals surface area contributed by atoms with Crippen molar-refractivity contribution >= 4 is 0 Å². The molecule has 0 aromatic carbocycles. The van der Waals surface area contributed by atoms with Crippen LogP contribution < -0.4 is 5.73 Å². The van der Waals surface area contributed by atoms with E-state index >= 15 is 0 Å². The summed E-state index contributed by atoms with van der Waals surface area (Å²) in [7, 11) is 2.36. The van der Waals surface area contributed by atoms with E-state index in [1.807, 2.05) is 0 Å². The van der Waals surface area contributed by atoms with E-state index in [9.17, 15) is 0 Å². The molecule has 0 unspecified atom stereocenters. The molecule has 2 aliphatic rings. The van der Waals surface area contributed by atoms with Crippen molar-refractivity contribution in [1.82, 2.24) is 4.90 Å². The van der Waals surface area contributed by atoms with Gasteiger partial charge in [0.15, 0.2) is 0 Å². The van der Waals surface area contributed by atoms with E-state index < -0.39 is 0 Å². The fourth-order valence-electron chi connectivity index (χ4n) is 4.03. The van der Waals surface area contributed by atoms with Crippen LogP contribution in [0.15, 0.2) is 0 Å². The van der Waals surface area contributed by atoms with Gasteiger partial charge in [-0.1, -0.05) is 13.8 Å². The van der Waals surface area contributed by atoms with E-state index in [1.54, 1.807) is 0 Å². The molecule has 2 aliphatic carbocycles. The highest BCUT2D eigenvalue weighted by Crippen LogP contribution is 2.37. The molecule has 0 aromatic heterocycles. The van der Waals surface area contributed by atoms with Gasteiger partial charge in [-0.3, -0.25) is 0 Å². The fourth-order valence-corrected chi connectivity index (χ4v) is 4.03. The summed E-state index contributed by atoms with van der Waals surface area (Å²) in [6.07, 6.45) is 11.2. The van der Waals surface area contributed by atoms with Crippen molar-refractivity contribution in [2.24, 2.45) is 23.0 Å². The summed E-state index contributed by atoms with van der Waals surface area (Å²) in [5.74, 6) is 1.75. The van der Waals surface area contributed by atoms with Crippen molar-refractivity contribution in [1.29, 1.82) is 0 Å². The van der Waals surface area contributed by atoms with Gasteiger partial charge in [-0.2, -0.15) is 0 Å². The zero-order chi connectivity index (χ0) is 13.9. The Hall–Kier alpha value is -0.0800. The van der Waals surface area contributed by atoms with Crippen molar-refractivity contribution in [2.75, 3.05) is 20.1 Å². The second-order valence-corrected chi connectivity index (χ2v) is 7.96. The molecule has 0 saturated heterocycles. The highest BCUT2D eigenvalue weighted by molar-refractivity contribution is 4.84. The third-order valence-electron chi connectivity index (χ3n) is 5.78. The van der Waals surface area contributed by atoms with Crippen LogP contribution in [-0.2, 0) is 0 Å². The van der Waals surface area contributed by atoms with E-state index in [-0.39, 0.29) is 0 Å². The highest BCUT2D eigenvalue weighted by Gasteiger charge is 2.30. The molecule has 2 nitrogen and oxygen atoms in total. The summed E-state index contributed by atoms with van der Waals surface area (Å²) in [6, 6.07) is 0.847. The van der Waals surface area contributed by atoms with Crippen LogP contribution >= 0.6 is 0 Å². The smallest absolute Gasteiger partial charge is 0.00927 e. The van der Waals surface area contributed by atoms with Gasteiger partial charge in [0.1, 0.15) is 0 Å². The van der Waals surface area contributed by atoms with Crippen molar-refractivity contribution in [3.05, 3.63) is 0 Å². The molecule has 19 heavy (non-hydrogen) atoms. The van der Waals surface area contributed by atoms with Crippen molar-refractivity contribution in [2.45, 2.75) is 71.3 Å². The van der Waals surface area contributed by atoms with Gasteiger partial charge in [-0.25, -0.2) is 0 Å². The molecule has 2 heteroatoms. The molecule has 0 atom stereocenters. The lowest BCUT2D eigenvalue weighted by Gasteiger charge is -2.40. The van der Waals surface area contributed by atoms with Crippen LogP contribution in [0, 0.1) is 17.3 Å². The first-order valence-corrected chi connectivity index (χ1v) is 8.40. The van der Waals surface area contributed by atoms with Gasteiger partial charge in [0.05, 0.1) is 0 Å². The summed E-state index contributed by atoms with van der Waals surface area (Å²) in [6.45, 7) is 7.08. The Labute approximate surface area is 120 Å². The van der Waals surface area contributed by atoms with Gasteiger partial charge >= 0.3 is 0 Å². The van der Waals surface area contributed by atoms with Crippen molar-refractivity contribution in [3.8, 4) is 0 Å². The first kappa shape index (κ1) is 15.3. The molecule has 2 rings (SSSR count). The van der Waals surface area contributed by atoms with Gasteiger partial charge in [-0.15, -0.1) is 0 Å². The third kappa shape index (κ3) is 4.46. The average molecular weight is 266 g/mol. The maximum absolute atomic E-state index is 5.78. The van der Waals surface area contributed by atoms with Crippen LogP contribution in [-0.4, -0.2) is 31.1 Å². The van der Waals surface area contributed by atoms with Gasteiger partial charge in [-0.05, 0) is 82.2 Å². The molecule has 0 amide bonds.